The van der Waals surface area contributed by atoms with Crippen molar-refractivity contribution in [2.45, 2.75) is 32.4 Å². The summed E-state index contributed by atoms with van der Waals surface area (Å²) in [6, 6.07) is 0.212. The first-order valence-electron chi connectivity index (χ1n) is 5.59. The number of nitrogens with two attached hydrogens (primary N) is 1. The molecule has 1 heterocycles. The zero-order valence-electron chi connectivity index (χ0n) is 10.3. The summed E-state index contributed by atoms with van der Waals surface area (Å²) in [6.07, 6.45) is 2.46. The Hall–Kier alpha value is -1.56. The van der Waals surface area contributed by atoms with Gasteiger partial charge in [0.1, 0.15) is 5.69 Å². The highest BCUT2D eigenvalue weighted by Crippen LogP contribution is 2.44. The third-order valence-corrected chi connectivity index (χ3v) is 3.66. The van der Waals surface area contributed by atoms with Gasteiger partial charge in [0.15, 0.2) is 5.82 Å². The number of nitrogens with one attached hydrogen (secondary N) is 2. The van der Waals surface area contributed by atoms with E-state index in [1.165, 1.54) is 6.33 Å². The van der Waals surface area contributed by atoms with Crippen LogP contribution in [0.1, 0.15) is 20.3 Å². The highest BCUT2D eigenvalue weighted by Gasteiger charge is 2.48. The number of nitrogen functional groups attached to an aromatic ring is 1. The summed E-state index contributed by atoms with van der Waals surface area (Å²) in [7, 11) is 1.71. The first kappa shape index (κ1) is 11.9. The second kappa shape index (κ2) is 4.03. The van der Waals surface area contributed by atoms with Gasteiger partial charge < -0.3 is 20.8 Å². The van der Waals surface area contributed by atoms with Crippen molar-refractivity contribution in [3.63, 3.8) is 0 Å². The number of hydrogen-bond acceptors (Lipinski definition) is 5. The number of aromatic amines is 1. The molecule has 6 nitrogen and oxygen atoms in total. The summed E-state index contributed by atoms with van der Waals surface area (Å²) >= 11 is 0. The van der Waals surface area contributed by atoms with Crippen LogP contribution in [0.25, 0.3) is 0 Å². The molecule has 4 N–H and O–H groups in total. The van der Waals surface area contributed by atoms with Crippen LogP contribution < -0.4 is 16.6 Å². The fraction of sp³-hybridized carbons (Fsp3) is 0.636. The molecule has 1 aromatic rings. The largest absolute Gasteiger partial charge is 0.391 e. The minimum Gasteiger partial charge on any atom is -0.391 e. The number of aromatic nitrogens is 2. The second-order valence-corrected chi connectivity index (χ2v) is 4.97. The molecule has 1 aliphatic rings. The fourth-order valence-corrected chi connectivity index (χ4v) is 2.22. The summed E-state index contributed by atoms with van der Waals surface area (Å²) in [5, 5.41) is 3.21. The Morgan fingerprint density at radius 1 is 1.65 bits per heavy atom. The van der Waals surface area contributed by atoms with Crippen molar-refractivity contribution >= 4 is 11.5 Å². The standard InChI is InChI=1S/C11H18N4O2/c1-11(2)6(4-7(11)17-3)15-9-8(12)10(16)14-5-13-9/h5-7H,4,12H2,1-3H3,(H2,13,14,15,16). The number of anilines is 2. The summed E-state index contributed by atoms with van der Waals surface area (Å²) in [6.45, 7) is 4.23. The second-order valence-electron chi connectivity index (χ2n) is 4.97. The maximum atomic E-state index is 11.3. The molecule has 0 bridgehead atoms. The molecule has 0 aliphatic heterocycles. The van der Waals surface area contributed by atoms with E-state index in [0.717, 1.165) is 6.42 Å². The molecule has 0 spiro atoms. The van der Waals surface area contributed by atoms with E-state index in [2.05, 4.69) is 29.1 Å². The monoisotopic (exact) mass is 238 g/mol. The van der Waals surface area contributed by atoms with Crippen molar-refractivity contribution in [2.75, 3.05) is 18.2 Å². The van der Waals surface area contributed by atoms with Gasteiger partial charge in [-0.3, -0.25) is 4.79 Å². The molecule has 6 heteroatoms. The molecule has 1 fully saturated rings. The lowest BCUT2D eigenvalue weighted by molar-refractivity contribution is -0.0795. The van der Waals surface area contributed by atoms with E-state index >= 15 is 0 Å². The Morgan fingerprint density at radius 2 is 2.35 bits per heavy atom. The normalized spacial score (nSPS) is 26.3. The molecule has 17 heavy (non-hydrogen) atoms. The maximum absolute atomic E-state index is 11.3. The summed E-state index contributed by atoms with van der Waals surface area (Å²) < 4.78 is 5.36. The van der Waals surface area contributed by atoms with Crippen molar-refractivity contribution in [1.29, 1.82) is 0 Å². The average Bonchev–Trinajstić information content (AvgIpc) is 2.29. The minimum absolute atomic E-state index is 0.00543. The Balaban J connectivity index is 2.13. The molecule has 2 unspecified atom stereocenters. The molecule has 0 saturated heterocycles. The first-order chi connectivity index (χ1) is 7.96. The van der Waals surface area contributed by atoms with Crippen LogP contribution in [-0.2, 0) is 4.74 Å². The van der Waals surface area contributed by atoms with Crippen LogP contribution in [0.3, 0.4) is 0 Å². The number of ether oxygens (including phenoxy) is 1. The van der Waals surface area contributed by atoms with Gasteiger partial charge in [0.05, 0.1) is 12.4 Å². The zero-order valence-corrected chi connectivity index (χ0v) is 10.3. The Kier molecular flexibility index (Phi) is 2.82. The van der Waals surface area contributed by atoms with Crippen LogP contribution in [0.15, 0.2) is 11.1 Å². The van der Waals surface area contributed by atoms with Gasteiger partial charge in [0.2, 0.25) is 0 Å². The van der Waals surface area contributed by atoms with Crippen molar-refractivity contribution < 1.29 is 4.74 Å². The zero-order chi connectivity index (χ0) is 12.6. The summed E-state index contributed by atoms with van der Waals surface area (Å²) in [5.74, 6) is 0.446. The Bertz CT molecular complexity index is 469. The molecule has 0 amide bonds. The van der Waals surface area contributed by atoms with E-state index in [1.54, 1.807) is 7.11 Å². The molecule has 2 rings (SSSR count). The topological polar surface area (TPSA) is 93.0 Å². The van der Waals surface area contributed by atoms with E-state index in [4.69, 9.17) is 10.5 Å². The number of nitrogens with zero attached hydrogens (tertiary/aromatic N) is 1. The van der Waals surface area contributed by atoms with Gasteiger partial charge in [-0.1, -0.05) is 13.8 Å². The minimum atomic E-state index is -0.317. The molecule has 2 atom stereocenters. The SMILES string of the molecule is COC1CC(Nc2nc[nH]c(=O)c2N)C1(C)C. The molecule has 0 aromatic carbocycles. The molecule has 1 aromatic heterocycles. The number of methoxy groups -OCH3 is 1. The lowest BCUT2D eigenvalue weighted by atomic mass is 9.64. The number of rotatable bonds is 3. The molecule has 1 aliphatic carbocycles. The van der Waals surface area contributed by atoms with Crippen molar-refractivity contribution in [2.24, 2.45) is 5.41 Å². The average molecular weight is 238 g/mol. The van der Waals surface area contributed by atoms with Crippen molar-refractivity contribution in [1.82, 2.24) is 9.97 Å². The van der Waals surface area contributed by atoms with Crippen LogP contribution in [0, 0.1) is 5.41 Å². The van der Waals surface area contributed by atoms with Gasteiger partial charge in [-0.2, -0.15) is 0 Å². The van der Waals surface area contributed by atoms with Crippen LogP contribution in [0.5, 0.6) is 0 Å². The fourth-order valence-electron chi connectivity index (χ4n) is 2.22. The first-order valence-corrected chi connectivity index (χ1v) is 5.59. The quantitative estimate of drug-likeness (QED) is 0.716. The lowest BCUT2D eigenvalue weighted by Gasteiger charge is -2.51. The maximum Gasteiger partial charge on any atom is 0.276 e. The summed E-state index contributed by atoms with van der Waals surface area (Å²) in [4.78, 5) is 17.8. The van der Waals surface area contributed by atoms with E-state index in [-0.39, 0.29) is 28.8 Å². The van der Waals surface area contributed by atoms with Crippen LogP contribution >= 0.6 is 0 Å². The Morgan fingerprint density at radius 3 is 2.94 bits per heavy atom. The number of hydrogen-bond donors (Lipinski definition) is 3. The van der Waals surface area contributed by atoms with Crippen LogP contribution in [0.4, 0.5) is 11.5 Å². The van der Waals surface area contributed by atoms with E-state index < -0.39 is 0 Å². The predicted octanol–water partition coefficient (Wildman–Crippen LogP) is 0.577. The third-order valence-electron chi connectivity index (χ3n) is 3.66. The molecule has 0 radical (unpaired) electrons. The number of H-pyrrole nitrogens is 1. The van der Waals surface area contributed by atoms with Gasteiger partial charge >= 0.3 is 0 Å². The van der Waals surface area contributed by atoms with E-state index in [9.17, 15) is 4.79 Å². The van der Waals surface area contributed by atoms with Crippen LogP contribution in [-0.4, -0.2) is 29.2 Å². The Labute approximate surface area is 99.6 Å². The molecular formula is C11H18N4O2. The van der Waals surface area contributed by atoms with Crippen molar-refractivity contribution in [3.05, 3.63) is 16.7 Å². The third kappa shape index (κ3) is 1.88. The highest BCUT2D eigenvalue weighted by atomic mass is 16.5. The molecular weight excluding hydrogens is 220 g/mol. The van der Waals surface area contributed by atoms with Crippen molar-refractivity contribution in [3.8, 4) is 0 Å². The van der Waals surface area contributed by atoms with Gasteiger partial charge in [-0.05, 0) is 6.42 Å². The van der Waals surface area contributed by atoms with Gasteiger partial charge in [0, 0.05) is 18.6 Å². The molecule has 1 saturated carbocycles. The predicted molar refractivity (Wildman–Crippen MR) is 65.9 cm³/mol. The van der Waals surface area contributed by atoms with Gasteiger partial charge in [-0.25, -0.2) is 4.98 Å². The van der Waals surface area contributed by atoms with E-state index in [0.29, 0.717) is 5.82 Å². The highest BCUT2D eigenvalue weighted by molar-refractivity contribution is 5.59. The van der Waals surface area contributed by atoms with Gasteiger partial charge in [0.25, 0.3) is 5.56 Å². The van der Waals surface area contributed by atoms with Gasteiger partial charge in [-0.15, -0.1) is 0 Å². The lowest BCUT2D eigenvalue weighted by Crippen LogP contribution is -2.57. The van der Waals surface area contributed by atoms with E-state index in [1.807, 2.05) is 0 Å². The smallest absolute Gasteiger partial charge is 0.276 e. The summed E-state index contributed by atoms with van der Waals surface area (Å²) in [5.41, 5.74) is 5.48. The molecule has 94 valence electrons. The van der Waals surface area contributed by atoms with Crippen LogP contribution in [0.2, 0.25) is 0 Å².